The molecule has 1 saturated heterocycles. The molecule has 0 saturated carbocycles. The molecular formula is C11H23NO. The summed E-state index contributed by atoms with van der Waals surface area (Å²) in [6.45, 7) is 7.71. The highest BCUT2D eigenvalue weighted by molar-refractivity contribution is 4.68. The molecule has 13 heavy (non-hydrogen) atoms. The molecule has 2 nitrogen and oxygen atoms in total. The summed E-state index contributed by atoms with van der Waals surface area (Å²) in [4.78, 5) is 0. The number of rotatable bonds is 6. The van der Waals surface area contributed by atoms with Crippen molar-refractivity contribution in [1.29, 1.82) is 0 Å². The van der Waals surface area contributed by atoms with Crippen molar-refractivity contribution in [2.45, 2.75) is 45.6 Å². The minimum atomic E-state index is 0.495. The second-order valence-electron chi connectivity index (χ2n) is 3.98. The fraction of sp³-hybridized carbons (Fsp3) is 1.00. The van der Waals surface area contributed by atoms with Crippen LogP contribution < -0.4 is 5.32 Å². The van der Waals surface area contributed by atoms with E-state index >= 15 is 0 Å². The van der Waals surface area contributed by atoms with Crippen LogP contribution in [-0.2, 0) is 4.74 Å². The maximum Gasteiger partial charge on any atom is 0.0700 e. The van der Waals surface area contributed by atoms with Gasteiger partial charge in [-0.05, 0) is 25.3 Å². The van der Waals surface area contributed by atoms with Crippen molar-refractivity contribution < 1.29 is 4.74 Å². The van der Waals surface area contributed by atoms with Gasteiger partial charge in [0.25, 0.3) is 0 Å². The lowest BCUT2D eigenvalue weighted by Crippen LogP contribution is -2.30. The molecule has 0 bridgehead atoms. The zero-order valence-electron chi connectivity index (χ0n) is 9.01. The molecule has 78 valence electrons. The van der Waals surface area contributed by atoms with Gasteiger partial charge in [0.05, 0.1) is 6.10 Å². The molecule has 1 N–H and O–H groups in total. The molecular weight excluding hydrogens is 162 g/mol. The molecule has 1 aliphatic heterocycles. The fourth-order valence-corrected chi connectivity index (χ4v) is 1.83. The summed E-state index contributed by atoms with van der Waals surface area (Å²) in [5.74, 6) is 0.849. The van der Waals surface area contributed by atoms with E-state index in [1.165, 1.54) is 25.7 Å². The Balaban J connectivity index is 1.98. The average Bonchev–Trinajstić information content (AvgIpc) is 2.65. The molecule has 0 radical (unpaired) electrons. The van der Waals surface area contributed by atoms with Crippen LogP contribution in [0.3, 0.4) is 0 Å². The topological polar surface area (TPSA) is 21.3 Å². The lowest BCUT2D eigenvalue weighted by molar-refractivity contribution is 0.109. The Morgan fingerprint density at radius 2 is 2.15 bits per heavy atom. The van der Waals surface area contributed by atoms with Crippen LogP contribution in [0.25, 0.3) is 0 Å². The molecule has 1 heterocycles. The van der Waals surface area contributed by atoms with Crippen molar-refractivity contribution in [3.8, 4) is 0 Å². The molecule has 0 aromatic carbocycles. The molecule has 1 unspecified atom stereocenters. The van der Waals surface area contributed by atoms with Crippen molar-refractivity contribution >= 4 is 0 Å². The van der Waals surface area contributed by atoms with Gasteiger partial charge in [-0.15, -0.1) is 0 Å². The van der Waals surface area contributed by atoms with E-state index < -0.39 is 0 Å². The minimum absolute atomic E-state index is 0.495. The number of hydrogen-bond donors (Lipinski definition) is 1. The van der Waals surface area contributed by atoms with Gasteiger partial charge in [-0.1, -0.05) is 26.7 Å². The summed E-state index contributed by atoms with van der Waals surface area (Å²) in [5.41, 5.74) is 0. The van der Waals surface area contributed by atoms with Crippen molar-refractivity contribution in [1.82, 2.24) is 5.32 Å². The zero-order valence-corrected chi connectivity index (χ0v) is 9.01. The molecule has 0 aliphatic carbocycles. The molecule has 1 rings (SSSR count). The van der Waals surface area contributed by atoms with Crippen molar-refractivity contribution in [2.24, 2.45) is 5.92 Å². The zero-order chi connectivity index (χ0) is 9.52. The summed E-state index contributed by atoms with van der Waals surface area (Å²) < 4.78 is 5.54. The van der Waals surface area contributed by atoms with Crippen LogP contribution >= 0.6 is 0 Å². The lowest BCUT2D eigenvalue weighted by Gasteiger charge is -2.15. The molecule has 2 heteroatoms. The van der Waals surface area contributed by atoms with Gasteiger partial charge in [-0.25, -0.2) is 0 Å². The van der Waals surface area contributed by atoms with E-state index in [2.05, 4.69) is 19.2 Å². The first-order valence-electron chi connectivity index (χ1n) is 5.69. The van der Waals surface area contributed by atoms with E-state index in [4.69, 9.17) is 4.74 Å². The summed E-state index contributed by atoms with van der Waals surface area (Å²) in [5, 5.41) is 3.50. The molecule has 0 amide bonds. The van der Waals surface area contributed by atoms with Crippen LogP contribution in [0.1, 0.15) is 39.5 Å². The first kappa shape index (κ1) is 11.0. The van der Waals surface area contributed by atoms with E-state index in [9.17, 15) is 0 Å². The highest BCUT2D eigenvalue weighted by Gasteiger charge is 2.14. The van der Waals surface area contributed by atoms with Gasteiger partial charge in [0.15, 0.2) is 0 Å². The third-order valence-electron chi connectivity index (χ3n) is 2.98. The van der Waals surface area contributed by atoms with Gasteiger partial charge in [0.2, 0.25) is 0 Å². The Hall–Kier alpha value is -0.0800. The Morgan fingerprint density at radius 3 is 2.69 bits per heavy atom. The molecule has 1 aliphatic rings. The Kier molecular flexibility index (Phi) is 5.40. The van der Waals surface area contributed by atoms with Crippen LogP contribution in [0.4, 0.5) is 0 Å². The first-order valence-corrected chi connectivity index (χ1v) is 5.69. The lowest BCUT2D eigenvalue weighted by atomic mass is 10.0. The van der Waals surface area contributed by atoms with Crippen LogP contribution in [-0.4, -0.2) is 25.8 Å². The van der Waals surface area contributed by atoms with Gasteiger partial charge in [-0.2, -0.15) is 0 Å². The Morgan fingerprint density at radius 1 is 1.38 bits per heavy atom. The van der Waals surface area contributed by atoms with Crippen LogP contribution in [0, 0.1) is 5.92 Å². The predicted octanol–water partition coefficient (Wildman–Crippen LogP) is 2.19. The molecule has 0 spiro atoms. The number of nitrogens with one attached hydrogen (secondary N) is 1. The van der Waals surface area contributed by atoms with Crippen molar-refractivity contribution in [3.05, 3.63) is 0 Å². The van der Waals surface area contributed by atoms with Gasteiger partial charge in [0, 0.05) is 13.2 Å². The Bertz CT molecular complexity index is 115. The van der Waals surface area contributed by atoms with E-state index in [-0.39, 0.29) is 0 Å². The molecule has 1 fully saturated rings. The number of ether oxygens (including phenoxy) is 1. The summed E-state index contributed by atoms with van der Waals surface area (Å²) >= 11 is 0. The van der Waals surface area contributed by atoms with Gasteiger partial charge >= 0.3 is 0 Å². The molecule has 0 aromatic rings. The first-order chi connectivity index (χ1) is 6.36. The van der Waals surface area contributed by atoms with Crippen molar-refractivity contribution in [2.75, 3.05) is 19.7 Å². The van der Waals surface area contributed by atoms with Crippen LogP contribution in [0.5, 0.6) is 0 Å². The predicted molar refractivity (Wildman–Crippen MR) is 55.9 cm³/mol. The quantitative estimate of drug-likeness (QED) is 0.685. The van der Waals surface area contributed by atoms with Crippen LogP contribution in [0.15, 0.2) is 0 Å². The summed E-state index contributed by atoms with van der Waals surface area (Å²) in [6.07, 6.45) is 5.56. The molecule has 0 aromatic heterocycles. The maximum absolute atomic E-state index is 5.54. The monoisotopic (exact) mass is 185 g/mol. The summed E-state index contributed by atoms with van der Waals surface area (Å²) in [7, 11) is 0. The van der Waals surface area contributed by atoms with Gasteiger partial charge in [0.1, 0.15) is 0 Å². The Labute approximate surface area is 82.0 Å². The third-order valence-corrected chi connectivity index (χ3v) is 2.98. The van der Waals surface area contributed by atoms with E-state index in [1.807, 2.05) is 0 Å². The number of hydrogen-bond acceptors (Lipinski definition) is 2. The highest BCUT2D eigenvalue weighted by Crippen LogP contribution is 2.11. The second kappa shape index (κ2) is 6.39. The average molecular weight is 185 g/mol. The third kappa shape index (κ3) is 4.10. The van der Waals surface area contributed by atoms with Crippen LogP contribution in [0.2, 0.25) is 0 Å². The summed E-state index contributed by atoms with van der Waals surface area (Å²) in [6, 6.07) is 0. The smallest absolute Gasteiger partial charge is 0.0700 e. The standard InChI is InChI=1S/C11H23NO/c1-3-10(4-2)8-12-9-11-6-5-7-13-11/h10-12H,3-9H2,1-2H3. The highest BCUT2D eigenvalue weighted by atomic mass is 16.5. The fourth-order valence-electron chi connectivity index (χ4n) is 1.83. The largest absolute Gasteiger partial charge is 0.377 e. The molecule has 1 atom stereocenters. The van der Waals surface area contributed by atoms with Gasteiger partial charge in [-0.3, -0.25) is 0 Å². The van der Waals surface area contributed by atoms with Gasteiger partial charge < -0.3 is 10.1 Å². The van der Waals surface area contributed by atoms with Crippen molar-refractivity contribution in [3.63, 3.8) is 0 Å². The normalized spacial score (nSPS) is 22.8. The van der Waals surface area contributed by atoms with E-state index in [1.54, 1.807) is 0 Å². The minimum Gasteiger partial charge on any atom is -0.377 e. The SMILES string of the molecule is CCC(CC)CNCC1CCCO1. The second-order valence-corrected chi connectivity index (χ2v) is 3.98. The maximum atomic E-state index is 5.54. The van der Waals surface area contributed by atoms with E-state index in [0.29, 0.717) is 6.10 Å². The van der Waals surface area contributed by atoms with E-state index in [0.717, 1.165) is 25.6 Å².